The summed E-state index contributed by atoms with van der Waals surface area (Å²) in [5.41, 5.74) is -0.657. The van der Waals surface area contributed by atoms with Crippen LogP contribution >= 0.6 is 0 Å². The molecule has 2 saturated heterocycles. The van der Waals surface area contributed by atoms with E-state index in [9.17, 15) is 14.4 Å². The number of carboxylic acids is 3. The van der Waals surface area contributed by atoms with Crippen molar-refractivity contribution in [3.05, 3.63) is 42.5 Å². The summed E-state index contributed by atoms with van der Waals surface area (Å²) < 4.78 is 0. The molecule has 0 amide bonds. The summed E-state index contributed by atoms with van der Waals surface area (Å²) in [5.74, 6) is -4.25. The van der Waals surface area contributed by atoms with Crippen molar-refractivity contribution in [3.8, 4) is 11.4 Å². The van der Waals surface area contributed by atoms with Gasteiger partial charge in [-0.15, -0.1) is 0 Å². The molecule has 4 rings (SSSR count). The van der Waals surface area contributed by atoms with Crippen LogP contribution in [0.2, 0.25) is 0 Å². The summed E-state index contributed by atoms with van der Waals surface area (Å²) in [4.78, 5) is 49.1. The van der Waals surface area contributed by atoms with E-state index in [1.807, 2.05) is 30.6 Å². The molecule has 2 aliphatic rings. The SMILES string of the molecule is O=C(O)CC(O)(CC(=O)O)C(=O)O.c1cncc(-c2nccc(CN3CCC(N4CCCCC4)CC3)n2)c1. The van der Waals surface area contributed by atoms with Crippen LogP contribution in [0.3, 0.4) is 0 Å². The zero-order chi connectivity index (χ0) is 27.5. The molecule has 0 unspecified atom stereocenters. The third-order valence-corrected chi connectivity index (χ3v) is 6.77. The average Bonchev–Trinajstić information content (AvgIpc) is 2.90. The lowest BCUT2D eigenvalue weighted by molar-refractivity contribution is -0.170. The fourth-order valence-electron chi connectivity index (χ4n) is 4.79. The Bertz CT molecular complexity index is 1050. The number of rotatable bonds is 9. The van der Waals surface area contributed by atoms with Crippen molar-refractivity contribution in [2.45, 2.75) is 63.1 Å². The zero-order valence-electron chi connectivity index (χ0n) is 21.3. The first-order valence-electron chi connectivity index (χ1n) is 12.7. The summed E-state index contributed by atoms with van der Waals surface area (Å²) in [7, 11) is 0. The smallest absolute Gasteiger partial charge is 0.336 e. The van der Waals surface area contributed by atoms with Crippen molar-refractivity contribution in [3.63, 3.8) is 0 Å². The highest BCUT2D eigenvalue weighted by Crippen LogP contribution is 2.22. The van der Waals surface area contributed by atoms with E-state index in [0.29, 0.717) is 0 Å². The van der Waals surface area contributed by atoms with Crippen molar-refractivity contribution >= 4 is 17.9 Å². The van der Waals surface area contributed by atoms with Crippen molar-refractivity contribution in [2.24, 2.45) is 0 Å². The number of aliphatic carboxylic acids is 3. The molecule has 12 heteroatoms. The molecule has 12 nitrogen and oxygen atoms in total. The van der Waals surface area contributed by atoms with Gasteiger partial charge in [0, 0.05) is 49.8 Å². The number of hydrogen-bond donors (Lipinski definition) is 4. The first-order valence-corrected chi connectivity index (χ1v) is 12.7. The number of aromatic nitrogens is 3. The summed E-state index contributed by atoms with van der Waals surface area (Å²) in [6.07, 6.45) is 9.96. The van der Waals surface area contributed by atoms with Crippen LogP contribution in [0.15, 0.2) is 36.8 Å². The molecule has 0 aliphatic carbocycles. The number of hydrogen-bond acceptors (Lipinski definition) is 9. The van der Waals surface area contributed by atoms with Gasteiger partial charge in [0.1, 0.15) is 0 Å². The number of carboxylic acid groups (broad SMARTS) is 3. The van der Waals surface area contributed by atoms with Crippen molar-refractivity contribution in [1.29, 1.82) is 0 Å². The van der Waals surface area contributed by atoms with E-state index in [4.69, 9.17) is 25.4 Å². The van der Waals surface area contributed by atoms with Gasteiger partial charge < -0.3 is 25.3 Å². The number of likely N-dealkylation sites (tertiary alicyclic amines) is 2. The number of piperidine rings is 2. The zero-order valence-corrected chi connectivity index (χ0v) is 21.3. The van der Waals surface area contributed by atoms with Crippen molar-refractivity contribution < 1.29 is 34.8 Å². The monoisotopic (exact) mass is 529 g/mol. The third kappa shape index (κ3) is 8.82. The Labute approximate surface area is 221 Å². The van der Waals surface area contributed by atoms with Crippen LogP contribution in [-0.2, 0) is 20.9 Å². The molecule has 2 aliphatic heterocycles. The molecule has 206 valence electrons. The predicted octanol–water partition coefficient (Wildman–Crippen LogP) is 1.74. The predicted molar refractivity (Wildman–Crippen MR) is 136 cm³/mol. The van der Waals surface area contributed by atoms with Crippen LogP contribution < -0.4 is 0 Å². The highest BCUT2D eigenvalue weighted by atomic mass is 16.4. The van der Waals surface area contributed by atoms with E-state index >= 15 is 0 Å². The molecule has 0 saturated carbocycles. The lowest BCUT2D eigenvalue weighted by Gasteiger charge is -2.40. The van der Waals surface area contributed by atoms with E-state index < -0.39 is 36.4 Å². The fourth-order valence-corrected chi connectivity index (χ4v) is 4.79. The normalized spacial score (nSPS) is 17.3. The molecule has 0 spiro atoms. The van der Waals surface area contributed by atoms with Crippen LogP contribution in [-0.4, -0.2) is 101 Å². The minimum Gasteiger partial charge on any atom is -0.481 e. The minimum absolute atomic E-state index is 0.772. The number of aliphatic hydroxyl groups is 1. The van der Waals surface area contributed by atoms with E-state index in [-0.39, 0.29) is 0 Å². The molecule has 2 aromatic heterocycles. The lowest BCUT2D eigenvalue weighted by Crippen LogP contribution is -2.46. The Morgan fingerprint density at radius 3 is 2.13 bits per heavy atom. The van der Waals surface area contributed by atoms with Crippen LogP contribution in [0.1, 0.15) is 50.6 Å². The topological polar surface area (TPSA) is 177 Å². The van der Waals surface area contributed by atoms with Crippen LogP contribution in [0.25, 0.3) is 11.4 Å². The van der Waals surface area contributed by atoms with Gasteiger partial charge in [-0.3, -0.25) is 19.5 Å². The Kier molecular flexibility index (Phi) is 10.6. The molecule has 0 bridgehead atoms. The Morgan fingerprint density at radius 2 is 1.58 bits per heavy atom. The van der Waals surface area contributed by atoms with Gasteiger partial charge in [-0.05, 0) is 57.0 Å². The maximum absolute atomic E-state index is 10.3. The first kappa shape index (κ1) is 29.1. The standard InChI is InChI=1S/C20H27N5.C6H8O7/c1-2-11-25(12-3-1)19-7-13-24(14-8-19)16-18-6-10-22-20(23-18)17-5-4-9-21-15-17;7-3(8)1-6(13,5(11)12)2-4(9)10/h4-6,9-10,15,19H,1-3,7-8,11-14,16H2;13H,1-2H2,(H,7,8)(H,9,10)(H,11,12). The molecule has 0 radical (unpaired) electrons. The maximum atomic E-state index is 10.3. The molecule has 2 aromatic rings. The second-order valence-electron chi connectivity index (χ2n) is 9.70. The van der Waals surface area contributed by atoms with Gasteiger partial charge in [0.25, 0.3) is 0 Å². The van der Waals surface area contributed by atoms with E-state index in [0.717, 1.165) is 29.7 Å². The van der Waals surface area contributed by atoms with Gasteiger partial charge >= 0.3 is 17.9 Å². The van der Waals surface area contributed by atoms with E-state index in [1.165, 1.54) is 58.3 Å². The van der Waals surface area contributed by atoms with Crippen LogP contribution in [0, 0.1) is 0 Å². The summed E-state index contributed by atoms with van der Waals surface area (Å²) >= 11 is 0. The Balaban J connectivity index is 0.000000263. The van der Waals surface area contributed by atoms with Gasteiger partial charge in [-0.25, -0.2) is 14.8 Å². The molecule has 4 heterocycles. The molecular weight excluding hydrogens is 494 g/mol. The summed E-state index contributed by atoms with van der Waals surface area (Å²) in [5, 5.41) is 33.8. The van der Waals surface area contributed by atoms with E-state index in [1.54, 1.807) is 6.20 Å². The second kappa shape index (κ2) is 13.9. The van der Waals surface area contributed by atoms with E-state index in [2.05, 4.69) is 19.8 Å². The third-order valence-electron chi connectivity index (χ3n) is 6.77. The molecule has 0 atom stereocenters. The number of nitrogens with zero attached hydrogens (tertiary/aromatic N) is 5. The fraction of sp³-hybridized carbons (Fsp3) is 0.538. The highest BCUT2D eigenvalue weighted by molar-refractivity contribution is 5.88. The van der Waals surface area contributed by atoms with Crippen molar-refractivity contribution in [2.75, 3.05) is 26.2 Å². The number of pyridine rings is 1. The Morgan fingerprint density at radius 1 is 0.921 bits per heavy atom. The molecule has 4 N–H and O–H groups in total. The molecular formula is C26H35N5O7. The summed E-state index contributed by atoms with van der Waals surface area (Å²) in [6.45, 7) is 5.89. The summed E-state index contributed by atoms with van der Waals surface area (Å²) in [6, 6.07) is 6.77. The lowest BCUT2D eigenvalue weighted by atomic mass is 9.96. The highest BCUT2D eigenvalue weighted by Gasteiger charge is 2.40. The van der Waals surface area contributed by atoms with Crippen LogP contribution in [0.5, 0.6) is 0 Å². The molecule has 2 fully saturated rings. The van der Waals surface area contributed by atoms with Gasteiger partial charge in [-0.1, -0.05) is 6.42 Å². The van der Waals surface area contributed by atoms with Gasteiger partial charge in [-0.2, -0.15) is 0 Å². The number of carbonyl (C=O) groups is 3. The largest absolute Gasteiger partial charge is 0.481 e. The molecule has 0 aromatic carbocycles. The first-order chi connectivity index (χ1) is 18.2. The minimum atomic E-state index is -2.74. The van der Waals surface area contributed by atoms with Gasteiger partial charge in [0.15, 0.2) is 11.4 Å². The Hall–Kier alpha value is -3.48. The maximum Gasteiger partial charge on any atom is 0.336 e. The quantitative estimate of drug-likeness (QED) is 0.370. The van der Waals surface area contributed by atoms with Gasteiger partial charge in [0.2, 0.25) is 0 Å². The second-order valence-corrected chi connectivity index (χ2v) is 9.70. The van der Waals surface area contributed by atoms with Crippen LogP contribution in [0.4, 0.5) is 0 Å². The van der Waals surface area contributed by atoms with Crippen molar-refractivity contribution in [1.82, 2.24) is 24.8 Å². The molecule has 38 heavy (non-hydrogen) atoms. The van der Waals surface area contributed by atoms with Gasteiger partial charge in [0.05, 0.1) is 18.5 Å². The average molecular weight is 530 g/mol.